The second-order valence-corrected chi connectivity index (χ2v) is 11.0. The molecular formula is C26H28ClN5O2S. The number of thiazole rings is 1. The van der Waals surface area contributed by atoms with Crippen LogP contribution in [0, 0.1) is 0 Å². The van der Waals surface area contributed by atoms with E-state index >= 15 is 0 Å². The Labute approximate surface area is 213 Å². The Morgan fingerprint density at radius 3 is 2.69 bits per heavy atom. The third kappa shape index (κ3) is 4.50. The van der Waals surface area contributed by atoms with Crippen molar-refractivity contribution in [2.45, 2.75) is 18.6 Å². The fourth-order valence-electron chi connectivity index (χ4n) is 5.02. The van der Waals surface area contributed by atoms with Crippen molar-refractivity contribution in [2.75, 3.05) is 46.4 Å². The van der Waals surface area contributed by atoms with Crippen molar-refractivity contribution in [2.24, 2.45) is 0 Å². The van der Waals surface area contributed by atoms with Gasteiger partial charge in [-0.15, -0.1) is 11.3 Å². The number of aliphatic hydroxyl groups is 1. The van der Waals surface area contributed by atoms with Gasteiger partial charge in [0.05, 0.1) is 23.1 Å². The molecule has 0 spiro atoms. The molecule has 0 bridgehead atoms. The Kier molecular flexibility index (Phi) is 6.12. The molecule has 0 amide bonds. The van der Waals surface area contributed by atoms with E-state index in [1.807, 2.05) is 13.2 Å². The van der Waals surface area contributed by atoms with E-state index in [2.05, 4.69) is 55.1 Å². The van der Waals surface area contributed by atoms with E-state index in [9.17, 15) is 5.11 Å². The van der Waals surface area contributed by atoms with E-state index < -0.39 is 5.60 Å². The number of likely N-dealkylation sites (N-methyl/N-ethyl adjacent to an activating group) is 1. The van der Waals surface area contributed by atoms with Crippen molar-refractivity contribution in [3.63, 3.8) is 0 Å². The van der Waals surface area contributed by atoms with Gasteiger partial charge in [0.15, 0.2) is 0 Å². The third-order valence-corrected chi connectivity index (χ3v) is 8.47. The van der Waals surface area contributed by atoms with Gasteiger partial charge < -0.3 is 19.7 Å². The van der Waals surface area contributed by atoms with Crippen LogP contribution < -0.4 is 0 Å². The first-order chi connectivity index (χ1) is 17.0. The number of nitrogens with one attached hydrogen (secondary N) is 1. The molecule has 7 nitrogen and oxygen atoms in total. The summed E-state index contributed by atoms with van der Waals surface area (Å²) in [4.78, 5) is 18.1. The second kappa shape index (κ2) is 9.28. The number of hydrogen-bond acceptors (Lipinski definition) is 7. The lowest BCUT2D eigenvalue weighted by Crippen LogP contribution is -2.35. The number of nitrogens with zero attached hydrogens (tertiary/aromatic N) is 4. The third-order valence-electron chi connectivity index (χ3n) is 6.98. The Morgan fingerprint density at radius 1 is 1.14 bits per heavy atom. The number of pyridine rings is 1. The number of ether oxygens (including phenoxy) is 1. The molecule has 9 heteroatoms. The molecule has 0 saturated carbocycles. The van der Waals surface area contributed by atoms with Gasteiger partial charge in [-0.25, -0.2) is 9.97 Å². The number of hydrogen-bond donors (Lipinski definition) is 2. The summed E-state index contributed by atoms with van der Waals surface area (Å²) in [5, 5.41) is 13.4. The number of likely N-dealkylation sites (tertiary alicyclic amines) is 1. The Morgan fingerprint density at radius 2 is 1.94 bits per heavy atom. The maximum absolute atomic E-state index is 11.1. The molecule has 35 heavy (non-hydrogen) atoms. The van der Waals surface area contributed by atoms with Gasteiger partial charge in [-0.3, -0.25) is 4.90 Å². The lowest BCUT2D eigenvalue weighted by Gasteiger charge is -2.26. The minimum Gasteiger partial charge on any atom is -0.381 e. The standard InChI is InChI=1S/C26H28ClN5O2S/c1-31-7-6-26(33,16-31)25-29-14-22(35-25)23-19-12-21(30-24(19)28-13-20(23)27)18-4-2-17(3-5-18)15-32-8-10-34-11-9-32/h2-5,12-14,33H,6-11,15-16H2,1H3,(H,28,30). The van der Waals surface area contributed by atoms with Gasteiger partial charge in [-0.2, -0.15) is 0 Å². The zero-order valence-corrected chi connectivity index (χ0v) is 21.2. The molecule has 2 aliphatic heterocycles. The lowest BCUT2D eigenvalue weighted by atomic mass is 10.1. The van der Waals surface area contributed by atoms with Crippen LogP contribution in [0.5, 0.6) is 0 Å². The average molecular weight is 510 g/mol. The fourth-order valence-corrected chi connectivity index (χ4v) is 6.43. The van der Waals surface area contributed by atoms with Crippen LogP contribution in [0.4, 0.5) is 0 Å². The summed E-state index contributed by atoms with van der Waals surface area (Å²) in [6, 6.07) is 10.8. The van der Waals surface area contributed by atoms with Gasteiger partial charge in [0.1, 0.15) is 16.3 Å². The smallest absolute Gasteiger partial charge is 0.138 e. The summed E-state index contributed by atoms with van der Waals surface area (Å²) in [6.45, 7) is 5.96. The number of fused-ring (bicyclic) bond motifs is 1. The van der Waals surface area contributed by atoms with E-state index in [1.54, 1.807) is 6.20 Å². The Bertz CT molecular complexity index is 1350. The fraction of sp³-hybridized carbons (Fsp3) is 0.385. The van der Waals surface area contributed by atoms with E-state index in [0.29, 0.717) is 18.0 Å². The topological polar surface area (TPSA) is 77.5 Å². The van der Waals surface area contributed by atoms with Crippen molar-refractivity contribution in [3.8, 4) is 21.7 Å². The largest absolute Gasteiger partial charge is 0.381 e. The molecule has 1 aromatic carbocycles. The van der Waals surface area contributed by atoms with E-state index in [1.165, 1.54) is 16.9 Å². The maximum atomic E-state index is 11.1. The molecule has 6 rings (SSSR count). The summed E-state index contributed by atoms with van der Waals surface area (Å²) in [5.41, 5.74) is 4.18. The first-order valence-corrected chi connectivity index (χ1v) is 13.1. The van der Waals surface area contributed by atoms with Gasteiger partial charge in [0.25, 0.3) is 0 Å². The highest BCUT2D eigenvalue weighted by molar-refractivity contribution is 7.15. The zero-order valence-electron chi connectivity index (χ0n) is 19.6. The summed E-state index contributed by atoms with van der Waals surface area (Å²) in [5.74, 6) is 0. The SMILES string of the molecule is CN1CCC(O)(c2ncc(-c3c(Cl)cnc4[nH]c(-c5ccc(CN6CCOCC6)cc5)cc34)s2)C1. The van der Waals surface area contributed by atoms with Gasteiger partial charge in [0.2, 0.25) is 0 Å². The molecule has 4 aromatic rings. The molecule has 0 radical (unpaired) electrons. The Hall–Kier alpha value is -2.33. The number of morpholine rings is 1. The van der Waals surface area contributed by atoms with Gasteiger partial charge in [0, 0.05) is 61.8 Å². The van der Waals surface area contributed by atoms with Crippen LogP contribution in [0.3, 0.4) is 0 Å². The lowest BCUT2D eigenvalue weighted by molar-refractivity contribution is 0.0342. The van der Waals surface area contributed by atoms with Crippen molar-refractivity contribution in [1.82, 2.24) is 24.8 Å². The summed E-state index contributed by atoms with van der Waals surface area (Å²) < 4.78 is 5.45. The van der Waals surface area contributed by atoms with E-state index in [4.69, 9.17) is 16.3 Å². The monoisotopic (exact) mass is 509 g/mol. The average Bonchev–Trinajstić information content (AvgIpc) is 3.59. The highest BCUT2D eigenvalue weighted by atomic mass is 35.5. The van der Waals surface area contributed by atoms with E-state index in [0.717, 1.165) is 77.1 Å². The number of aromatic nitrogens is 3. The van der Waals surface area contributed by atoms with Crippen LogP contribution in [-0.4, -0.2) is 76.3 Å². The second-order valence-electron chi connectivity index (χ2n) is 9.56. The molecular weight excluding hydrogens is 482 g/mol. The molecule has 182 valence electrons. The molecule has 2 fully saturated rings. The minimum atomic E-state index is -0.900. The van der Waals surface area contributed by atoms with Crippen molar-refractivity contribution in [3.05, 3.63) is 58.3 Å². The van der Waals surface area contributed by atoms with Crippen molar-refractivity contribution in [1.29, 1.82) is 0 Å². The Balaban J connectivity index is 1.30. The summed E-state index contributed by atoms with van der Waals surface area (Å²) in [6.07, 6.45) is 4.19. The molecule has 3 aromatic heterocycles. The summed E-state index contributed by atoms with van der Waals surface area (Å²) in [7, 11) is 2.02. The van der Waals surface area contributed by atoms with Crippen LogP contribution in [0.25, 0.3) is 32.7 Å². The highest BCUT2D eigenvalue weighted by Crippen LogP contribution is 2.42. The molecule has 2 aliphatic rings. The van der Waals surface area contributed by atoms with Crippen LogP contribution >= 0.6 is 22.9 Å². The highest BCUT2D eigenvalue weighted by Gasteiger charge is 2.39. The quantitative estimate of drug-likeness (QED) is 0.416. The van der Waals surface area contributed by atoms with Crippen molar-refractivity contribution >= 4 is 34.0 Å². The van der Waals surface area contributed by atoms with Crippen LogP contribution in [0.15, 0.2) is 42.7 Å². The number of aromatic amines is 1. The predicted molar refractivity (Wildman–Crippen MR) is 140 cm³/mol. The number of halogens is 1. The minimum absolute atomic E-state index is 0.578. The van der Waals surface area contributed by atoms with E-state index in [-0.39, 0.29) is 0 Å². The number of rotatable bonds is 5. The van der Waals surface area contributed by atoms with Gasteiger partial charge in [-0.1, -0.05) is 35.9 Å². The molecule has 1 atom stereocenters. The molecule has 5 heterocycles. The molecule has 2 saturated heterocycles. The van der Waals surface area contributed by atoms with Crippen LogP contribution in [-0.2, 0) is 16.9 Å². The first-order valence-electron chi connectivity index (χ1n) is 11.9. The zero-order chi connectivity index (χ0) is 24.0. The van der Waals surface area contributed by atoms with Gasteiger partial charge in [-0.05, 0) is 30.7 Å². The van der Waals surface area contributed by atoms with Crippen LogP contribution in [0.1, 0.15) is 17.0 Å². The molecule has 0 aliphatic carbocycles. The molecule has 1 unspecified atom stereocenters. The number of H-pyrrole nitrogens is 1. The van der Waals surface area contributed by atoms with Crippen molar-refractivity contribution < 1.29 is 9.84 Å². The maximum Gasteiger partial charge on any atom is 0.138 e. The van der Waals surface area contributed by atoms with Crippen LogP contribution in [0.2, 0.25) is 5.02 Å². The number of benzene rings is 1. The first kappa shape index (κ1) is 23.1. The summed E-state index contributed by atoms with van der Waals surface area (Å²) >= 11 is 8.16. The predicted octanol–water partition coefficient (Wildman–Crippen LogP) is 4.36. The molecule has 2 N–H and O–H groups in total. The van der Waals surface area contributed by atoms with Gasteiger partial charge >= 0.3 is 0 Å². The number of β-amino-alcohol motifs (C(OH)–C–C–N with tert-alkyl or cyclic N) is 1. The normalized spacial score (nSPS) is 21.8.